The van der Waals surface area contributed by atoms with Gasteiger partial charge in [0.25, 0.3) is 5.91 Å². The van der Waals surface area contributed by atoms with E-state index >= 15 is 0 Å². The highest BCUT2D eigenvalue weighted by atomic mass is 35.5. The minimum Gasteiger partial charge on any atom is -0.373 e. The number of halogens is 1. The first-order chi connectivity index (χ1) is 14.4. The molecule has 0 atom stereocenters. The van der Waals surface area contributed by atoms with E-state index in [-0.39, 0.29) is 30.1 Å². The number of rotatable bonds is 6. The molecule has 156 valence electrons. The molecule has 0 saturated carbocycles. The van der Waals surface area contributed by atoms with Crippen molar-refractivity contribution in [1.82, 2.24) is 14.5 Å². The molecule has 0 radical (unpaired) electrons. The third kappa shape index (κ3) is 5.19. The fourth-order valence-corrected chi connectivity index (χ4v) is 4.69. The first kappa shape index (κ1) is 21.8. The highest BCUT2D eigenvalue weighted by Gasteiger charge is 2.28. The standard InChI is InChI=1S/C21H21ClN4O3S/c22-20-9-5-4-6-17(20)15-24-21(27)18(14-23)16-25-10-12-26(13-11-25)30(28,29)19-7-2-1-3-8-19/h1-9,16H,10-13,15H2,(H,24,27)/b18-16-. The summed E-state index contributed by atoms with van der Waals surface area (Å²) in [6.07, 6.45) is 1.48. The van der Waals surface area contributed by atoms with Crippen molar-refractivity contribution in [3.05, 3.63) is 77.0 Å². The van der Waals surface area contributed by atoms with E-state index in [1.807, 2.05) is 12.1 Å². The van der Waals surface area contributed by atoms with Crippen LogP contribution in [0.2, 0.25) is 5.02 Å². The molecule has 7 nitrogen and oxygen atoms in total. The summed E-state index contributed by atoms with van der Waals surface area (Å²) in [5.74, 6) is -0.503. The lowest BCUT2D eigenvalue weighted by molar-refractivity contribution is -0.117. The van der Waals surface area contributed by atoms with Gasteiger partial charge < -0.3 is 10.2 Å². The zero-order valence-corrected chi connectivity index (χ0v) is 17.7. The summed E-state index contributed by atoms with van der Waals surface area (Å²) in [5.41, 5.74) is 0.714. The Morgan fingerprint density at radius 3 is 2.33 bits per heavy atom. The summed E-state index contributed by atoms with van der Waals surface area (Å²) in [4.78, 5) is 14.4. The number of piperazine rings is 1. The molecule has 0 bridgehead atoms. The molecule has 1 heterocycles. The molecule has 1 saturated heterocycles. The Morgan fingerprint density at radius 2 is 1.70 bits per heavy atom. The van der Waals surface area contributed by atoms with Gasteiger partial charge in [0.05, 0.1) is 4.90 Å². The van der Waals surface area contributed by atoms with Crippen LogP contribution < -0.4 is 5.32 Å². The second kappa shape index (κ2) is 9.76. The Balaban J connectivity index is 1.59. The van der Waals surface area contributed by atoms with E-state index in [9.17, 15) is 18.5 Å². The van der Waals surface area contributed by atoms with Gasteiger partial charge in [0.2, 0.25) is 10.0 Å². The number of benzene rings is 2. The fraction of sp³-hybridized carbons (Fsp3) is 0.238. The summed E-state index contributed by atoms with van der Waals surface area (Å²) in [6.45, 7) is 1.52. The van der Waals surface area contributed by atoms with Crippen LogP contribution in [-0.4, -0.2) is 49.7 Å². The number of nitriles is 1. The largest absolute Gasteiger partial charge is 0.373 e. The monoisotopic (exact) mass is 444 g/mol. The first-order valence-corrected chi connectivity index (χ1v) is 11.2. The van der Waals surface area contributed by atoms with E-state index in [1.165, 1.54) is 10.5 Å². The third-order valence-corrected chi connectivity index (χ3v) is 7.01. The maximum absolute atomic E-state index is 12.7. The molecule has 9 heteroatoms. The van der Waals surface area contributed by atoms with Crippen LogP contribution in [0.1, 0.15) is 5.56 Å². The Morgan fingerprint density at radius 1 is 1.07 bits per heavy atom. The molecule has 0 unspecified atom stereocenters. The maximum Gasteiger partial charge on any atom is 0.263 e. The minimum absolute atomic E-state index is 0.0404. The topological polar surface area (TPSA) is 93.5 Å². The van der Waals surface area contributed by atoms with Gasteiger partial charge in [-0.3, -0.25) is 4.79 Å². The van der Waals surface area contributed by atoms with E-state index in [0.29, 0.717) is 18.1 Å². The molecule has 0 spiro atoms. The molecule has 1 amide bonds. The van der Waals surface area contributed by atoms with Crippen LogP contribution in [0.4, 0.5) is 0 Å². The molecule has 1 aliphatic heterocycles. The Hall–Kier alpha value is -2.86. The van der Waals surface area contributed by atoms with E-state index in [0.717, 1.165) is 5.56 Å². The number of amides is 1. The van der Waals surface area contributed by atoms with Crippen LogP contribution >= 0.6 is 11.6 Å². The second-order valence-electron chi connectivity index (χ2n) is 6.68. The van der Waals surface area contributed by atoms with Crippen LogP contribution in [0.3, 0.4) is 0 Å². The molecule has 1 fully saturated rings. The van der Waals surface area contributed by atoms with Crippen molar-refractivity contribution in [2.75, 3.05) is 26.2 Å². The molecular weight excluding hydrogens is 424 g/mol. The zero-order valence-electron chi connectivity index (χ0n) is 16.2. The Labute approximate surface area is 181 Å². The van der Waals surface area contributed by atoms with Gasteiger partial charge in [0, 0.05) is 43.9 Å². The number of carbonyl (C=O) groups excluding carboxylic acids is 1. The van der Waals surface area contributed by atoms with Crippen LogP contribution in [-0.2, 0) is 21.4 Å². The molecule has 2 aromatic carbocycles. The average Bonchev–Trinajstić information content (AvgIpc) is 2.77. The third-order valence-electron chi connectivity index (χ3n) is 4.73. The summed E-state index contributed by atoms with van der Waals surface area (Å²) in [7, 11) is -3.55. The fourth-order valence-electron chi connectivity index (χ4n) is 3.05. The smallest absolute Gasteiger partial charge is 0.263 e. The normalized spacial score (nSPS) is 15.5. The first-order valence-electron chi connectivity index (χ1n) is 9.34. The van der Waals surface area contributed by atoms with E-state index in [1.54, 1.807) is 53.4 Å². The predicted molar refractivity (Wildman–Crippen MR) is 114 cm³/mol. The number of sulfonamides is 1. The van der Waals surface area contributed by atoms with Gasteiger partial charge in [-0.25, -0.2) is 8.42 Å². The summed E-state index contributed by atoms with van der Waals surface area (Å²) in [6, 6.07) is 17.3. The van der Waals surface area contributed by atoms with E-state index in [4.69, 9.17) is 11.6 Å². The maximum atomic E-state index is 12.7. The summed E-state index contributed by atoms with van der Waals surface area (Å²) in [5, 5.41) is 12.6. The van der Waals surface area contributed by atoms with Gasteiger partial charge in [-0.1, -0.05) is 48.0 Å². The van der Waals surface area contributed by atoms with E-state index < -0.39 is 15.9 Å². The number of hydrogen-bond donors (Lipinski definition) is 1. The van der Waals surface area contributed by atoms with Crippen molar-refractivity contribution >= 4 is 27.5 Å². The van der Waals surface area contributed by atoms with Gasteiger partial charge in [0.15, 0.2) is 0 Å². The van der Waals surface area contributed by atoms with Gasteiger partial charge in [-0.05, 0) is 23.8 Å². The molecule has 3 rings (SSSR count). The van der Waals surface area contributed by atoms with Crippen LogP contribution in [0.25, 0.3) is 0 Å². The Bertz CT molecular complexity index is 1070. The SMILES string of the molecule is N#C/C(=C/N1CCN(S(=O)(=O)c2ccccc2)CC1)C(=O)NCc1ccccc1Cl. The molecular formula is C21H21ClN4O3S. The number of hydrogen-bond acceptors (Lipinski definition) is 5. The van der Waals surface area contributed by atoms with Crippen molar-refractivity contribution < 1.29 is 13.2 Å². The van der Waals surface area contributed by atoms with Crippen molar-refractivity contribution in [3.63, 3.8) is 0 Å². The van der Waals surface area contributed by atoms with Crippen LogP contribution in [0.5, 0.6) is 0 Å². The summed E-state index contributed by atoms with van der Waals surface area (Å²) < 4.78 is 26.8. The number of nitrogens with one attached hydrogen (secondary N) is 1. The van der Waals surface area contributed by atoms with Gasteiger partial charge in [-0.15, -0.1) is 0 Å². The van der Waals surface area contributed by atoms with Crippen molar-refractivity contribution in [2.45, 2.75) is 11.4 Å². The number of carbonyl (C=O) groups is 1. The predicted octanol–water partition coefficient (Wildman–Crippen LogP) is 2.37. The highest BCUT2D eigenvalue weighted by Crippen LogP contribution is 2.18. The lowest BCUT2D eigenvalue weighted by atomic mass is 10.2. The van der Waals surface area contributed by atoms with Gasteiger partial charge in [-0.2, -0.15) is 9.57 Å². The van der Waals surface area contributed by atoms with Crippen molar-refractivity contribution in [1.29, 1.82) is 5.26 Å². The summed E-state index contributed by atoms with van der Waals surface area (Å²) >= 11 is 6.08. The van der Waals surface area contributed by atoms with Crippen LogP contribution in [0, 0.1) is 11.3 Å². The number of nitrogens with zero attached hydrogens (tertiary/aromatic N) is 3. The molecule has 30 heavy (non-hydrogen) atoms. The average molecular weight is 445 g/mol. The molecule has 0 aliphatic carbocycles. The second-order valence-corrected chi connectivity index (χ2v) is 9.03. The Kier molecular flexibility index (Phi) is 7.11. The lowest BCUT2D eigenvalue weighted by Gasteiger charge is -2.33. The minimum atomic E-state index is -3.55. The highest BCUT2D eigenvalue weighted by molar-refractivity contribution is 7.89. The zero-order chi connectivity index (χ0) is 21.6. The molecule has 1 aliphatic rings. The quantitative estimate of drug-likeness (QED) is 0.545. The van der Waals surface area contributed by atoms with Gasteiger partial charge >= 0.3 is 0 Å². The van der Waals surface area contributed by atoms with Crippen molar-refractivity contribution in [3.8, 4) is 6.07 Å². The molecule has 1 N–H and O–H groups in total. The molecule has 2 aromatic rings. The van der Waals surface area contributed by atoms with Crippen molar-refractivity contribution in [2.24, 2.45) is 0 Å². The lowest BCUT2D eigenvalue weighted by Crippen LogP contribution is -2.47. The molecule has 0 aromatic heterocycles. The van der Waals surface area contributed by atoms with Gasteiger partial charge in [0.1, 0.15) is 11.6 Å². The van der Waals surface area contributed by atoms with Crippen LogP contribution in [0.15, 0.2) is 71.3 Å². The van der Waals surface area contributed by atoms with E-state index in [2.05, 4.69) is 5.32 Å².